The SMILES string of the molecule is Cc1cccc(C(=O)C(C)(C)c2ccc(N)cc2)c1. The Labute approximate surface area is 114 Å². The van der Waals surface area contributed by atoms with E-state index in [9.17, 15) is 4.79 Å². The van der Waals surface area contributed by atoms with Crippen LogP contribution in [0, 0.1) is 6.92 Å². The van der Waals surface area contributed by atoms with E-state index in [1.165, 1.54) is 0 Å². The number of Topliss-reactive ketones (excluding diaryl/α,β-unsaturated/α-hetero) is 1. The summed E-state index contributed by atoms with van der Waals surface area (Å²) in [5.74, 6) is 0.126. The van der Waals surface area contributed by atoms with Crippen LogP contribution >= 0.6 is 0 Å². The van der Waals surface area contributed by atoms with Gasteiger partial charge in [-0.3, -0.25) is 4.79 Å². The minimum Gasteiger partial charge on any atom is -0.399 e. The molecule has 0 aliphatic heterocycles. The molecule has 2 heteroatoms. The standard InChI is InChI=1S/C17H19NO/c1-12-5-4-6-13(11-12)16(19)17(2,3)14-7-9-15(18)10-8-14/h4-11H,18H2,1-3H3. The number of hydrogen-bond acceptors (Lipinski definition) is 2. The van der Waals surface area contributed by atoms with Gasteiger partial charge in [-0.15, -0.1) is 0 Å². The van der Waals surface area contributed by atoms with Crippen LogP contribution in [0.3, 0.4) is 0 Å². The minimum absolute atomic E-state index is 0.126. The summed E-state index contributed by atoms with van der Waals surface area (Å²) in [5.41, 5.74) is 8.68. The first-order valence-electron chi connectivity index (χ1n) is 6.39. The third-order valence-electron chi connectivity index (χ3n) is 3.48. The minimum atomic E-state index is -0.554. The van der Waals surface area contributed by atoms with E-state index in [4.69, 9.17) is 5.73 Å². The van der Waals surface area contributed by atoms with Crippen LogP contribution in [-0.2, 0) is 5.41 Å². The fourth-order valence-electron chi connectivity index (χ4n) is 2.18. The summed E-state index contributed by atoms with van der Waals surface area (Å²) < 4.78 is 0. The number of nitrogen functional groups attached to an aromatic ring is 1. The number of benzene rings is 2. The Kier molecular flexibility index (Phi) is 3.43. The predicted octanol–water partition coefficient (Wildman–Crippen LogP) is 3.74. The largest absolute Gasteiger partial charge is 0.399 e. The first-order chi connectivity index (χ1) is 8.91. The molecule has 2 N–H and O–H groups in total. The van der Waals surface area contributed by atoms with E-state index in [-0.39, 0.29) is 5.78 Å². The zero-order valence-electron chi connectivity index (χ0n) is 11.6. The maximum absolute atomic E-state index is 12.7. The Hall–Kier alpha value is -2.09. The van der Waals surface area contributed by atoms with Crippen molar-refractivity contribution >= 4 is 11.5 Å². The van der Waals surface area contributed by atoms with E-state index in [1.54, 1.807) is 0 Å². The van der Waals surface area contributed by atoms with Crippen LogP contribution in [0.4, 0.5) is 5.69 Å². The van der Waals surface area contributed by atoms with E-state index in [1.807, 2.05) is 69.3 Å². The molecule has 0 fully saturated rings. The molecule has 0 saturated carbocycles. The summed E-state index contributed by atoms with van der Waals surface area (Å²) in [6.07, 6.45) is 0. The van der Waals surface area contributed by atoms with Gasteiger partial charge in [-0.1, -0.05) is 35.9 Å². The summed E-state index contributed by atoms with van der Waals surface area (Å²) in [7, 11) is 0. The molecule has 19 heavy (non-hydrogen) atoms. The molecule has 0 heterocycles. The van der Waals surface area contributed by atoms with E-state index in [0.717, 1.165) is 16.7 Å². The lowest BCUT2D eigenvalue weighted by atomic mass is 9.78. The van der Waals surface area contributed by atoms with E-state index >= 15 is 0 Å². The second kappa shape index (κ2) is 4.88. The van der Waals surface area contributed by atoms with E-state index < -0.39 is 5.41 Å². The average molecular weight is 253 g/mol. The molecule has 0 spiro atoms. The highest BCUT2D eigenvalue weighted by molar-refractivity contribution is 6.03. The van der Waals surface area contributed by atoms with Crippen molar-refractivity contribution < 1.29 is 4.79 Å². The molecule has 0 aromatic heterocycles. The van der Waals surface area contributed by atoms with Gasteiger partial charge in [0.15, 0.2) is 5.78 Å². The average Bonchev–Trinajstić information content (AvgIpc) is 2.38. The number of rotatable bonds is 3. The van der Waals surface area contributed by atoms with Gasteiger partial charge in [0.05, 0.1) is 5.41 Å². The Morgan fingerprint density at radius 3 is 2.26 bits per heavy atom. The third-order valence-corrected chi connectivity index (χ3v) is 3.48. The van der Waals surface area contributed by atoms with Crippen molar-refractivity contribution in [2.24, 2.45) is 0 Å². The van der Waals surface area contributed by atoms with Gasteiger partial charge >= 0.3 is 0 Å². The van der Waals surface area contributed by atoms with Crippen LogP contribution in [0.5, 0.6) is 0 Å². The monoisotopic (exact) mass is 253 g/mol. The summed E-state index contributed by atoms with van der Waals surface area (Å²) in [6, 6.07) is 15.2. The van der Waals surface area contributed by atoms with Crippen LogP contribution in [0.2, 0.25) is 0 Å². The van der Waals surface area contributed by atoms with Crippen molar-refractivity contribution in [3.8, 4) is 0 Å². The molecule has 2 aromatic rings. The van der Waals surface area contributed by atoms with Crippen molar-refractivity contribution in [1.82, 2.24) is 0 Å². The maximum Gasteiger partial charge on any atom is 0.172 e. The summed E-state index contributed by atoms with van der Waals surface area (Å²) in [6.45, 7) is 5.89. The topological polar surface area (TPSA) is 43.1 Å². The second-order valence-corrected chi connectivity index (χ2v) is 5.45. The fraction of sp³-hybridized carbons (Fsp3) is 0.235. The van der Waals surface area contributed by atoms with Gasteiger partial charge < -0.3 is 5.73 Å². The molecule has 2 nitrogen and oxygen atoms in total. The van der Waals surface area contributed by atoms with Gasteiger partial charge in [-0.2, -0.15) is 0 Å². The van der Waals surface area contributed by atoms with Gasteiger partial charge in [0.1, 0.15) is 0 Å². The molecule has 0 bridgehead atoms. The Balaban J connectivity index is 2.38. The molecular weight excluding hydrogens is 234 g/mol. The highest BCUT2D eigenvalue weighted by atomic mass is 16.1. The van der Waals surface area contributed by atoms with Gasteiger partial charge in [-0.05, 0) is 44.5 Å². The number of hydrogen-bond donors (Lipinski definition) is 1. The first-order valence-corrected chi connectivity index (χ1v) is 6.39. The van der Waals surface area contributed by atoms with Crippen molar-refractivity contribution in [2.75, 3.05) is 5.73 Å². The molecule has 0 saturated heterocycles. The maximum atomic E-state index is 12.7. The molecule has 0 aliphatic carbocycles. The molecule has 2 aromatic carbocycles. The van der Waals surface area contributed by atoms with E-state index in [2.05, 4.69) is 0 Å². The molecule has 0 aliphatic rings. The van der Waals surface area contributed by atoms with Crippen LogP contribution in [0.15, 0.2) is 48.5 Å². The normalized spacial score (nSPS) is 11.3. The molecule has 0 atom stereocenters. The molecule has 0 radical (unpaired) electrons. The van der Waals surface area contributed by atoms with Crippen molar-refractivity contribution in [3.05, 3.63) is 65.2 Å². The Morgan fingerprint density at radius 2 is 1.68 bits per heavy atom. The third kappa shape index (κ3) is 2.68. The highest BCUT2D eigenvalue weighted by Crippen LogP contribution is 2.28. The molecule has 0 unspecified atom stereocenters. The molecule has 98 valence electrons. The smallest absolute Gasteiger partial charge is 0.172 e. The number of nitrogens with two attached hydrogens (primary N) is 1. The zero-order chi connectivity index (χ0) is 14.0. The Bertz CT molecular complexity index is 597. The van der Waals surface area contributed by atoms with Crippen LogP contribution < -0.4 is 5.73 Å². The van der Waals surface area contributed by atoms with Crippen LogP contribution in [0.25, 0.3) is 0 Å². The second-order valence-electron chi connectivity index (χ2n) is 5.45. The van der Waals surface area contributed by atoms with Crippen LogP contribution in [0.1, 0.15) is 35.3 Å². The summed E-state index contributed by atoms with van der Waals surface area (Å²) >= 11 is 0. The van der Waals surface area contributed by atoms with Crippen molar-refractivity contribution in [2.45, 2.75) is 26.2 Å². The Morgan fingerprint density at radius 1 is 1.05 bits per heavy atom. The van der Waals surface area contributed by atoms with E-state index in [0.29, 0.717) is 5.69 Å². The summed E-state index contributed by atoms with van der Waals surface area (Å²) in [5, 5.41) is 0. The van der Waals surface area contributed by atoms with Gasteiger partial charge in [-0.25, -0.2) is 0 Å². The number of anilines is 1. The summed E-state index contributed by atoms with van der Waals surface area (Å²) in [4.78, 5) is 12.7. The number of ketones is 1. The first kappa shape index (κ1) is 13.3. The zero-order valence-corrected chi connectivity index (χ0v) is 11.6. The van der Waals surface area contributed by atoms with Crippen molar-refractivity contribution in [1.29, 1.82) is 0 Å². The van der Waals surface area contributed by atoms with Gasteiger partial charge in [0.2, 0.25) is 0 Å². The lowest BCUT2D eigenvalue weighted by Crippen LogP contribution is -2.29. The number of carbonyl (C=O) groups is 1. The lowest BCUT2D eigenvalue weighted by Gasteiger charge is -2.24. The lowest BCUT2D eigenvalue weighted by molar-refractivity contribution is 0.0908. The fourth-order valence-corrected chi connectivity index (χ4v) is 2.18. The van der Waals surface area contributed by atoms with Gasteiger partial charge in [0, 0.05) is 11.3 Å². The number of aryl methyl sites for hydroxylation is 1. The molecule has 0 amide bonds. The highest BCUT2D eigenvalue weighted by Gasteiger charge is 2.30. The van der Waals surface area contributed by atoms with Crippen LogP contribution in [-0.4, -0.2) is 5.78 Å². The van der Waals surface area contributed by atoms with Gasteiger partial charge in [0.25, 0.3) is 0 Å². The predicted molar refractivity (Wildman–Crippen MR) is 79.4 cm³/mol. The molecule has 2 rings (SSSR count). The number of carbonyl (C=O) groups excluding carboxylic acids is 1. The molecular formula is C17H19NO. The quantitative estimate of drug-likeness (QED) is 0.669. The van der Waals surface area contributed by atoms with Crippen molar-refractivity contribution in [3.63, 3.8) is 0 Å².